The van der Waals surface area contributed by atoms with Gasteiger partial charge in [0.2, 0.25) is 5.88 Å². The average molecular weight is 455 g/mol. The van der Waals surface area contributed by atoms with Crippen molar-refractivity contribution in [3.8, 4) is 11.6 Å². The largest absolute Gasteiger partial charge is 0.489 e. The molecule has 1 heterocycles. The second-order valence-electron chi connectivity index (χ2n) is 8.67. The highest BCUT2D eigenvalue weighted by molar-refractivity contribution is 6.33. The molecule has 0 saturated heterocycles. The van der Waals surface area contributed by atoms with Crippen molar-refractivity contribution in [3.05, 3.63) is 65.3 Å². The van der Waals surface area contributed by atoms with Crippen LogP contribution in [0, 0.1) is 0 Å². The number of nitrogens with zero attached hydrogens (tertiary/aromatic N) is 1. The Morgan fingerprint density at radius 2 is 1.91 bits per heavy atom. The number of ether oxygens (including phenoxy) is 3. The van der Waals surface area contributed by atoms with E-state index < -0.39 is 0 Å². The Bertz CT molecular complexity index is 1020. The summed E-state index contributed by atoms with van der Waals surface area (Å²) in [5, 5.41) is 2.44. The summed E-state index contributed by atoms with van der Waals surface area (Å²) in [6, 6.07) is 15.9. The molecule has 3 aromatic rings. The minimum absolute atomic E-state index is 0.109. The summed E-state index contributed by atoms with van der Waals surface area (Å²) in [4.78, 5) is 4.41. The van der Waals surface area contributed by atoms with Crippen molar-refractivity contribution in [1.29, 1.82) is 0 Å². The van der Waals surface area contributed by atoms with E-state index in [0.717, 1.165) is 61.5 Å². The van der Waals surface area contributed by atoms with E-state index in [-0.39, 0.29) is 11.6 Å². The van der Waals surface area contributed by atoms with E-state index in [9.17, 15) is 0 Å². The van der Waals surface area contributed by atoms with Gasteiger partial charge in [0.1, 0.15) is 12.4 Å². The number of benzene rings is 2. The molecule has 32 heavy (non-hydrogen) atoms. The number of aromatic nitrogens is 1. The summed E-state index contributed by atoms with van der Waals surface area (Å²) >= 11 is 6.61. The van der Waals surface area contributed by atoms with Crippen LogP contribution in [0.3, 0.4) is 0 Å². The molecule has 0 unspecified atom stereocenters. The molecule has 2 aromatic carbocycles. The Morgan fingerprint density at radius 1 is 1.12 bits per heavy atom. The second-order valence-corrected chi connectivity index (χ2v) is 9.08. The number of hydrogen-bond donors (Lipinski definition) is 1. The van der Waals surface area contributed by atoms with Crippen LogP contribution >= 0.6 is 11.6 Å². The van der Waals surface area contributed by atoms with Crippen molar-refractivity contribution in [3.63, 3.8) is 0 Å². The molecule has 1 aliphatic rings. The first-order chi connectivity index (χ1) is 15.6. The number of halogens is 1. The predicted molar refractivity (Wildman–Crippen MR) is 128 cm³/mol. The third-order valence-electron chi connectivity index (χ3n) is 6.24. The van der Waals surface area contributed by atoms with Gasteiger partial charge in [-0.05, 0) is 67.7 Å². The number of fused-ring (bicyclic) bond motifs is 1. The summed E-state index contributed by atoms with van der Waals surface area (Å²) in [5.41, 5.74) is 7.57. The van der Waals surface area contributed by atoms with Crippen LogP contribution in [0.25, 0.3) is 10.8 Å². The molecular formula is C26H31ClN2O3. The molecule has 0 amide bonds. The maximum absolute atomic E-state index is 6.61. The summed E-state index contributed by atoms with van der Waals surface area (Å²) in [5.74, 6) is 1.27. The number of hydrogen-bond acceptors (Lipinski definition) is 5. The van der Waals surface area contributed by atoms with Gasteiger partial charge in [0.15, 0.2) is 0 Å². The van der Waals surface area contributed by atoms with E-state index >= 15 is 0 Å². The first-order valence-electron chi connectivity index (χ1n) is 11.3. The highest BCUT2D eigenvalue weighted by Crippen LogP contribution is 2.37. The average Bonchev–Trinajstić information content (AvgIpc) is 2.81. The Balaban J connectivity index is 1.42. The van der Waals surface area contributed by atoms with Crippen LogP contribution in [0.2, 0.25) is 5.02 Å². The van der Waals surface area contributed by atoms with E-state index in [1.165, 1.54) is 0 Å². The van der Waals surface area contributed by atoms with Gasteiger partial charge in [-0.1, -0.05) is 41.9 Å². The SMILES string of the molecule is COCCCC1(N)CCC(Oc2cc3ccnc(OCc4ccccc4)c3cc2Cl)CC1. The number of rotatable bonds is 9. The highest BCUT2D eigenvalue weighted by atomic mass is 35.5. The van der Waals surface area contributed by atoms with Gasteiger partial charge in [-0.25, -0.2) is 4.98 Å². The molecule has 0 bridgehead atoms. The molecule has 0 aliphatic heterocycles. The predicted octanol–water partition coefficient (Wildman–Crippen LogP) is 5.91. The lowest BCUT2D eigenvalue weighted by Gasteiger charge is -2.37. The normalized spacial score (nSPS) is 20.9. The molecule has 1 saturated carbocycles. The zero-order valence-corrected chi connectivity index (χ0v) is 19.3. The van der Waals surface area contributed by atoms with Gasteiger partial charge in [0.25, 0.3) is 0 Å². The molecule has 2 N–H and O–H groups in total. The topological polar surface area (TPSA) is 66.6 Å². The van der Waals surface area contributed by atoms with Crippen LogP contribution in [0.4, 0.5) is 0 Å². The second kappa shape index (κ2) is 10.5. The van der Waals surface area contributed by atoms with Gasteiger partial charge in [-0.2, -0.15) is 0 Å². The van der Waals surface area contributed by atoms with Crippen molar-refractivity contribution in [1.82, 2.24) is 4.98 Å². The Hall–Kier alpha value is -2.34. The molecule has 0 spiro atoms. The van der Waals surface area contributed by atoms with Crippen LogP contribution in [-0.2, 0) is 11.3 Å². The van der Waals surface area contributed by atoms with Crippen molar-refractivity contribution in [2.75, 3.05) is 13.7 Å². The van der Waals surface area contributed by atoms with E-state index in [1.807, 2.05) is 48.5 Å². The van der Waals surface area contributed by atoms with Crippen molar-refractivity contribution in [2.45, 2.75) is 56.8 Å². The summed E-state index contributed by atoms with van der Waals surface area (Å²) in [6.45, 7) is 1.22. The highest BCUT2D eigenvalue weighted by Gasteiger charge is 2.32. The minimum atomic E-state index is -0.109. The van der Waals surface area contributed by atoms with Crippen molar-refractivity contribution in [2.24, 2.45) is 5.73 Å². The summed E-state index contributed by atoms with van der Waals surface area (Å²) in [7, 11) is 1.73. The molecule has 6 heteroatoms. The molecule has 0 radical (unpaired) electrons. The standard InChI is InChI=1S/C26H31ClN2O3/c1-30-15-5-11-26(28)12-8-21(9-13-26)32-24-16-20-10-14-29-25(22(20)17-23(24)27)31-18-19-6-3-2-4-7-19/h2-4,6-7,10,14,16-17,21H,5,8-9,11-13,15,18,28H2,1H3. The smallest absolute Gasteiger partial charge is 0.221 e. The molecule has 1 aliphatic carbocycles. The third kappa shape index (κ3) is 5.71. The number of nitrogens with two attached hydrogens (primary N) is 1. The molecule has 170 valence electrons. The molecular weight excluding hydrogens is 424 g/mol. The van der Waals surface area contributed by atoms with E-state index in [1.54, 1.807) is 13.3 Å². The molecule has 0 atom stereocenters. The fraction of sp³-hybridized carbons (Fsp3) is 0.423. The van der Waals surface area contributed by atoms with Crippen LogP contribution in [0.5, 0.6) is 11.6 Å². The number of methoxy groups -OCH3 is 1. The van der Waals surface area contributed by atoms with Crippen LogP contribution < -0.4 is 15.2 Å². The lowest BCUT2D eigenvalue weighted by atomic mass is 9.78. The molecule has 5 nitrogen and oxygen atoms in total. The van der Waals surface area contributed by atoms with E-state index in [0.29, 0.717) is 23.3 Å². The molecule has 1 aromatic heterocycles. The van der Waals surface area contributed by atoms with Gasteiger partial charge in [0, 0.05) is 30.8 Å². The Morgan fingerprint density at radius 3 is 2.66 bits per heavy atom. The van der Waals surface area contributed by atoms with E-state index in [4.69, 9.17) is 31.5 Å². The quantitative estimate of drug-likeness (QED) is 0.407. The molecule has 1 fully saturated rings. The van der Waals surface area contributed by atoms with Gasteiger partial charge in [0.05, 0.1) is 11.1 Å². The first-order valence-corrected chi connectivity index (χ1v) is 11.6. The first kappa shape index (κ1) is 22.8. The zero-order chi connectivity index (χ0) is 22.4. The molecule has 4 rings (SSSR count). The van der Waals surface area contributed by atoms with E-state index in [2.05, 4.69) is 4.98 Å². The van der Waals surface area contributed by atoms with Gasteiger partial charge < -0.3 is 19.9 Å². The lowest BCUT2D eigenvalue weighted by Crippen LogP contribution is -2.45. The maximum atomic E-state index is 6.61. The maximum Gasteiger partial charge on any atom is 0.221 e. The van der Waals surface area contributed by atoms with Crippen LogP contribution in [0.1, 0.15) is 44.1 Å². The minimum Gasteiger partial charge on any atom is -0.489 e. The Labute approximate surface area is 194 Å². The third-order valence-corrected chi connectivity index (χ3v) is 6.54. The van der Waals surface area contributed by atoms with Crippen molar-refractivity contribution < 1.29 is 14.2 Å². The fourth-order valence-electron chi connectivity index (χ4n) is 4.36. The summed E-state index contributed by atoms with van der Waals surface area (Å²) in [6.07, 6.45) is 7.63. The zero-order valence-electron chi connectivity index (χ0n) is 18.6. The lowest BCUT2D eigenvalue weighted by molar-refractivity contribution is 0.107. The van der Waals surface area contributed by atoms with Gasteiger partial charge in [-0.3, -0.25) is 0 Å². The summed E-state index contributed by atoms with van der Waals surface area (Å²) < 4.78 is 17.5. The fourth-order valence-corrected chi connectivity index (χ4v) is 4.57. The monoisotopic (exact) mass is 454 g/mol. The van der Waals surface area contributed by atoms with Crippen LogP contribution in [0.15, 0.2) is 54.7 Å². The van der Waals surface area contributed by atoms with Gasteiger partial charge >= 0.3 is 0 Å². The van der Waals surface area contributed by atoms with Gasteiger partial charge in [-0.15, -0.1) is 0 Å². The Kier molecular flexibility index (Phi) is 7.51. The number of pyridine rings is 1. The van der Waals surface area contributed by atoms with Crippen molar-refractivity contribution >= 4 is 22.4 Å². The van der Waals surface area contributed by atoms with Crippen LogP contribution in [-0.4, -0.2) is 30.3 Å².